The summed E-state index contributed by atoms with van der Waals surface area (Å²) in [6.07, 6.45) is 5.69. The minimum Gasteiger partial charge on any atom is -0.450 e. The second-order valence-corrected chi connectivity index (χ2v) is 7.86. The molecule has 32 heavy (non-hydrogen) atoms. The number of hydrogen-bond donors (Lipinski definition) is 6. The number of rotatable bonds is 14. The quantitative estimate of drug-likeness (QED) is 0.113. The molecule has 0 spiro atoms. The molecule has 4 atom stereocenters. The summed E-state index contributed by atoms with van der Waals surface area (Å²) in [5, 5.41) is 44.3. The van der Waals surface area contributed by atoms with E-state index < -0.39 is 12.3 Å². The van der Waals surface area contributed by atoms with Gasteiger partial charge in [0.15, 0.2) is 0 Å². The van der Waals surface area contributed by atoms with Gasteiger partial charge in [0.05, 0.1) is 13.2 Å². The van der Waals surface area contributed by atoms with Gasteiger partial charge in [0.1, 0.15) is 0 Å². The maximum Gasteiger partial charge on any atom is 0.503 e. The molecule has 0 saturated heterocycles. The zero-order valence-electron chi connectivity index (χ0n) is 20.7. The first-order valence-electron chi connectivity index (χ1n) is 11.3. The Hall–Kier alpha value is -1.62. The van der Waals surface area contributed by atoms with E-state index in [1.54, 1.807) is 0 Å². The molecule has 0 bridgehead atoms. The summed E-state index contributed by atoms with van der Waals surface area (Å²) >= 11 is 0. The molecule has 0 aromatic carbocycles. The zero-order valence-corrected chi connectivity index (χ0v) is 20.7. The molecule has 0 fully saturated rings. The molecule has 0 aromatic heterocycles. The van der Waals surface area contributed by atoms with E-state index in [4.69, 9.17) is 40.5 Å². The van der Waals surface area contributed by atoms with E-state index in [0.29, 0.717) is 25.0 Å². The van der Waals surface area contributed by atoms with Gasteiger partial charge in [-0.25, -0.2) is 19.4 Å². The molecule has 0 radical (unpaired) electrons. The van der Waals surface area contributed by atoms with Crippen molar-refractivity contribution in [1.82, 2.24) is 0 Å². The average Bonchev–Trinajstić information content (AvgIpc) is 2.73. The van der Waals surface area contributed by atoms with Gasteiger partial charge in [0, 0.05) is 0 Å². The highest BCUT2D eigenvalue weighted by atomic mass is 17.1. The summed E-state index contributed by atoms with van der Waals surface area (Å²) in [6, 6.07) is 0. The Balaban J connectivity index is -0.000000184. The van der Waals surface area contributed by atoms with E-state index in [9.17, 15) is 0 Å². The Kier molecular flexibility index (Phi) is 34.6. The lowest BCUT2D eigenvalue weighted by Crippen LogP contribution is -2.07. The Labute approximate surface area is 193 Å². The third-order valence-corrected chi connectivity index (χ3v) is 5.25. The highest BCUT2D eigenvalue weighted by Gasteiger charge is 2.10. The normalized spacial score (nSPS) is 13.5. The summed E-state index contributed by atoms with van der Waals surface area (Å²) in [7, 11) is 0. The molecule has 0 aliphatic rings. The molecule has 6 N–H and O–H groups in total. The first-order valence-corrected chi connectivity index (χ1v) is 11.3. The number of carbonyl (C=O) groups is 2. The molecule has 0 amide bonds. The zero-order chi connectivity index (χ0) is 25.9. The van der Waals surface area contributed by atoms with Crippen molar-refractivity contribution in [2.24, 2.45) is 23.7 Å². The highest BCUT2D eigenvalue weighted by molar-refractivity contribution is 5.53. The lowest BCUT2D eigenvalue weighted by atomic mass is 9.90. The molecule has 4 unspecified atom stereocenters. The van der Waals surface area contributed by atoms with E-state index in [2.05, 4.69) is 51.3 Å². The van der Waals surface area contributed by atoms with Crippen LogP contribution < -0.4 is 0 Å². The van der Waals surface area contributed by atoms with E-state index >= 15 is 0 Å². The van der Waals surface area contributed by atoms with Gasteiger partial charge in [0.2, 0.25) is 0 Å². The molecule has 10 nitrogen and oxygen atoms in total. The van der Waals surface area contributed by atoms with Crippen LogP contribution >= 0.6 is 0 Å². The Morgan fingerprint density at radius 2 is 0.875 bits per heavy atom. The van der Waals surface area contributed by atoms with Crippen molar-refractivity contribution in [2.75, 3.05) is 13.2 Å². The van der Waals surface area contributed by atoms with Crippen LogP contribution in [0.4, 0.5) is 9.59 Å². The third-order valence-electron chi connectivity index (χ3n) is 5.25. The van der Waals surface area contributed by atoms with Crippen LogP contribution in [0.15, 0.2) is 0 Å². The van der Waals surface area contributed by atoms with Gasteiger partial charge in [-0.3, -0.25) is 10.5 Å². The maximum atomic E-state index is 8.56. The van der Waals surface area contributed by atoms with Gasteiger partial charge in [-0.05, 0) is 49.4 Å². The first-order chi connectivity index (χ1) is 14.9. The van der Waals surface area contributed by atoms with E-state index in [0.717, 1.165) is 24.7 Å². The summed E-state index contributed by atoms with van der Waals surface area (Å²) in [5.74, 6) is 3.03. The fraction of sp³-hybridized carbons (Fsp3) is 0.909. The standard InChI is InChI=1S/2C10H22O2.2CH2O3/c2*1-4-9(3)8-10(5-2)6-7-12-11;2*2-1(3)4/h2*9-11H,4-8H2,1-3H3;2*(H2,2,3,4). The van der Waals surface area contributed by atoms with Gasteiger partial charge in [-0.1, -0.05) is 67.2 Å². The van der Waals surface area contributed by atoms with Crippen LogP contribution in [0, 0.1) is 23.7 Å². The highest BCUT2D eigenvalue weighted by Crippen LogP contribution is 2.21. The largest absolute Gasteiger partial charge is 0.503 e. The second-order valence-electron chi connectivity index (χ2n) is 7.86. The van der Waals surface area contributed by atoms with Crippen LogP contribution in [0.3, 0.4) is 0 Å². The molecular weight excluding hydrogens is 424 g/mol. The molecule has 10 heteroatoms. The topological polar surface area (TPSA) is 174 Å². The molecule has 0 aliphatic heterocycles. The molecule has 0 aliphatic carbocycles. The molecule has 196 valence electrons. The molecular formula is C22H48O10. The van der Waals surface area contributed by atoms with Gasteiger partial charge in [-0.2, -0.15) is 0 Å². The van der Waals surface area contributed by atoms with Gasteiger partial charge in [-0.15, -0.1) is 0 Å². The van der Waals surface area contributed by atoms with Gasteiger partial charge < -0.3 is 20.4 Å². The Morgan fingerprint density at radius 3 is 1.03 bits per heavy atom. The fourth-order valence-electron chi connectivity index (χ4n) is 2.89. The number of carboxylic acid groups (broad SMARTS) is 4. The minimum absolute atomic E-state index is 0.481. The van der Waals surface area contributed by atoms with Crippen molar-refractivity contribution < 1.29 is 50.3 Å². The maximum absolute atomic E-state index is 8.56. The van der Waals surface area contributed by atoms with Crippen LogP contribution in [0.5, 0.6) is 0 Å². The van der Waals surface area contributed by atoms with E-state index in [-0.39, 0.29) is 0 Å². The summed E-state index contributed by atoms with van der Waals surface area (Å²) in [6.45, 7) is 14.4. The summed E-state index contributed by atoms with van der Waals surface area (Å²) in [4.78, 5) is 25.3. The van der Waals surface area contributed by atoms with Crippen molar-refractivity contribution in [3.63, 3.8) is 0 Å². The van der Waals surface area contributed by atoms with Crippen LogP contribution in [0.1, 0.15) is 92.9 Å². The van der Waals surface area contributed by atoms with Gasteiger partial charge in [0.25, 0.3) is 0 Å². The Morgan fingerprint density at radius 1 is 0.625 bits per heavy atom. The summed E-state index contributed by atoms with van der Waals surface area (Å²) < 4.78 is 0. The van der Waals surface area contributed by atoms with Crippen molar-refractivity contribution in [2.45, 2.75) is 92.9 Å². The van der Waals surface area contributed by atoms with E-state index in [1.165, 1.54) is 38.5 Å². The third kappa shape index (κ3) is 42.5. The predicted molar refractivity (Wildman–Crippen MR) is 123 cm³/mol. The SMILES string of the molecule is CCC(C)CC(CC)CCOO.CCC(C)CC(CC)CCOO.O=C(O)O.O=C(O)O. The molecule has 0 aromatic rings. The van der Waals surface area contributed by atoms with Crippen LogP contribution in [0.2, 0.25) is 0 Å². The predicted octanol–water partition coefficient (Wildman–Crippen LogP) is 7.10. The second kappa shape index (κ2) is 29.4. The van der Waals surface area contributed by atoms with E-state index in [1.807, 2.05) is 0 Å². The lowest BCUT2D eigenvalue weighted by Gasteiger charge is -2.17. The van der Waals surface area contributed by atoms with Crippen LogP contribution in [0.25, 0.3) is 0 Å². The molecule has 0 rings (SSSR count). The van der Waals surface area contributed by atoms with Gasteiger partial charge >= 0.3 is 12.3 Å². The minimum atomic E-state index is -1.83. The summed E-state index contributed by atoms with van der Waals surface area (Å²) in [5.41, 5.74) is 0. The molecule has 0 saturated carbocycles. The van der Waals surface area contributed by atoms with Crippen molar-refractivity contribution in [1.29, 1.82) is 0 Å². The smallest absolute Gasteiger partial charge is 0.450 e. The molecule has 0 heterocycles. The lowest BCUT2D eigenvalue weighted by molar-refractivity contribution is -0.244. The first kappa shape index (κ1) is 37.7. The Bertz CT molecular complexity index is 349. The van der Waals surface area contributed by atoms with Crippen LogP contribution in [-0.2, 0) is 9.78 Å². The van der Waals surface area contributed by atoms with Crippen molar-refractivity contribution in [3.8, 4) is 0 Å². The average molecular weight is 473 g/mol. The monoisotopic (exact) mass is 472 g/mol. The van der Waals surface area contributed by atoms with Crippen molar-refractivity contribution in [3.05, 3.63) is 0 Å². The number of hydrogen-bond acceptors (Lipinski definition) is 6. The van der Waals surface area contributed by atoms with Crippen molar-refractivity contribution >= 4 is 12.3 Å². The van der Waals surface area contributed by atoms with Crippen LogP contribution in [-0.4, -0.2) is 56.5 Å². The fourth-order valence-corrected chi connectivity index (χ4v) is 2.89.